The molecule has 0 fully saturated rings. The van der Waals surface area contributed by atoms with Crippen LogP contribution in [-0.4, -0.2) is 21.1 Å². The molecule has 3 rings (SSSR count). The molecule has 3 aromatic rings. The molecule has 0 aliphatic carbocycles. The van der Waals surface area contributed by atoms with Gasteiger partial charge in [-0.2, -0.15) is 0 Å². The smallest absolute Gasteiger partial charge is 0.280 e. The summed E-state index contributed by atoms with van der Waals surface area (Å²) in [4.78, 5) is 16.9. The first-order valence-corrected chi connectivity index (χ1v) is 7.68. The van der Waals surface area contributed by atoms with Gasteiger partial charge in [0.05, 0.1) is 11.3 Å². The van der Waals surface area contributed by atoms with Gasteiger partial charge in [-0.3, -0.25) is 14.9 Å². The van der Waals surface area contributed by atoms with Gasteiger partial charge in [0.25, 0.3) is 5.56 Å². The summed E-state index contributed by atoms with van der Waals surface area (Å²) >= 11 is 0. The molecule has 122 valence electrons. The first kappa shape index (κ1) is 15.8. The molecular weight excluding hydrogens is 302 g/mol. The van der Waals surface area contributed by atoms with Gasteiger partial charge >= 0.3 is 0 Å². The molecule has 24 heavy (non-hydrogen) atoms. The molecule has 1 heterocycles. The van der Waals surface area contributed by atoms with Gasteiger partial charge in [-0.25, -0.2) is 4.68 Å². The predicted octanol–water partition coefficient (Wildman–Crippen LogP) is 3.55. The molecule has 2 N–H and O–H groups in total. The summed E-state index contributed by atoms with van der Waals surface area (Å²) in [6.45, 7) is 5.87. The van der Waals surface area contributed by atoms with Crippen LogP contribution >= 0.6 is 0 Å². The highest BCUT2D eigenvalue weighted by molar-refractivity contribution is 5.83. The minimum Gasteiger partial charge on any atom is -0.506 e. The highest BCUT2D eigenvalue weighted by atomic mass is 16.3. The second kappa shape index (κ2) is 6.20. The van der Waals surface area contributed by atoms with E-state index < -0.39 is 0 Å². The van der Waals surface area contributed by atoms with Crippen LogP contribution in [0.4, 0.5) is 5.69 Å². The number of nitrogens with one attached hydrogen (secondary N) is 1. The number of benzene rings is 2. The minimum atomic E-state index is -0.171. The van der Waals surface area contributed by atoms with Gasteiger partial charge in [0.15, 0.2) is 0 Å². The van der Waals surface area contributed by atoms with Gasteiger partial charge in [0.2, 0.25) is 0 Å². The summed E-state index contributed by atoms with van der Waals surface area (Å²) in [5, 5.41) is 12.8. The third-order valence-corrected chi connectivity index (χ3v) is 4.08. The van der Waals surface area contributed by atoms with Crippen molar-refractivity contribution in [2.24, 2.45) is 4.99 Å². The fraction of sp³-hybridized carbons (Fsp3) is 0.158. The van der Waals surface area contributed by atoms with Crippen molar-refractivity contribution in [3.05, 3.63) is 75.2 Å². The maximum atomic E-state index is 12.7. The summed E-state index contributed by atoms with van der Waals surface area (Å²) in [7, 11) is 0. The quantitative estimate of drug-likeness (QED) is 0.724. The second-order valence-electron chi connectivity index (χ2n) is 5.81. The summed E-state index contributed by atoms with van der Waals surface area (Å²) in [6, 6.07) is 12.6. The van der Waals surface area contributed by atoms with Crippen molar-refractivity contribution < 1.29 is 5.11 Å². The molecule has 5 nitrogen and oxygen atoms in total. The number of H-pyrrole nitrogens is 1. The first-order chi connectivity index (χ1) is 11.5. The number of nitrogens with zero attached hydrogens (tertiary/aromatic N) is 2. The number of aromatic nitrogens is 2. The van der Waals surface area contributed by atoms with E-state index in [1.165, 1.54) is 16.5 Å². The lowest BCUT2D eigenvalue weighted by molar-refractivity contribution is 0.477. The van der Waals surface area contributed by atoms with Crippen LogP contribution in [-0.2, 0) is 0 Å². The fourth-order valence-electron chi connectivity index (χ4n) is 2.47. The summed E-state index contributed by atoms with van der Waals surface area (Å²) in [5.74, 6) is 0.0800. The van der Waals surface area contributed by atoms with E-state index in [4.69, 9.17) is 0 Å². The molecule has 0 aliphatic rings. The molecule has 0 unspecified atom stereocenters. The Bertz CT molecular complexity index is 981. The molecule has 0 atom stereocenters. The maximum absolute atomic E-state index is 12.7. The second-order valence-corrected chi connectivity index (χ2v) is 5.81. The van der Waals surface area contributed by atoms with E-state index >= 15 is 0 Å². The number of hydrogen-bond acceptors (Lipinski definition) is 3. The topological polar surface area (TPSA) is 70.4 Å². The van der Waals surface area contributed by atoms with Gasteiger partial charge in [0.1, 0.15) is 11.4 Å². The van der Waals surface area contributed by atoms with E-state index in [1.54, 1.807) is 24.3 Å². The fourth-order valence-corrected chi connectivity index (χ4v) is 2.47. The number of aromatic amines is 1. The third kappa shape index (κ3) is 2.88. The number of hydrogen-bond donors (Lipinski definition) is 2. The highest BCUT2D eigenvalue weighted by Gasteiger charge is 2.11. The monoisotopic (exact) mass is 321 g/mol. The average molecular weight is 321 g/mol. The molecule has 2 aromatic carbocycles. The lowest BCUT2D eigenvalue weighted by Gasteiger charge is -2.05. The maximum Gasteiger partial charge on any atom is 0.280 e. The van der Waals surface area contributed by atoms with Gasteiger partial charge in [0, 0.05) is 11.9 Å². The van der Waals surface area contributed by atoms with Gasteiger partial charge in [-0.15, -0.1) is 0 Å². The SMILES string of the molecule is Cc1ccc(-n2[nH]c(C)c(C=Nc3ccccc3O)c2=O)cc1C. The predicted molar refractivity (Wildman–Crippen MR) is 96.0 cm³/mol. The molecule has 0 aliphatic heterocycles. The molecule has 5 heteroatoms. The molecule has 0 saturated heterocycles. The highest BCUT2D eigenvalue weighted by Crippen LogP contribution is 2.24. The summed E-state index contributed by atoms with van der Waals surface area (Å²) < 4.78 is 1.51. The number of aliphatic imine (C=N–C) groups is 1. The number of para-hydroxylation sites is 2. The van der Waals surface area contributed by atoms with Crippen molar-refractivity contribution in [2.75, 3.05) is 0 Å². The minimum absolute atomic E-state index is 0.0800. The van der Waals surface area contributed by atoms with Crippen molar-refractivity contribution >= 4 is 11.9 Å². The Labute approximate surface area is 139 Å². The molecule has 0 radical (unpaired) electrons. The molecular formula is C19H19N3O2. The Morgan fingerprint density at radius 3 is 2.54 bits per heavy atom. The van der Waals surface area contributed by atoms with Gasteiger partial charge in [-0.05, 0) is 56.2 Å². The van der Waals surface area contributed by atoms with Crippen LogP contribution in [0.15, 0.2) is 52.3 Å². The summed E-state index contributed by atoms with van der Waals surface area (Å²) in [5.41, 5.74) is 4.53. The zero-order valence-corrected chi connectivity index (χ0v) is 13.9. The van der Waals surface area contributed by atoms with Crippen molar-refractivity contribution in [3.8, 4) is 11.4 Å². The molecule has 0 saturated carbocycles. The Balaban J connectivity index is 2.02. The number of aromatic hydroxyl groups is 1. The molecule has 0 spiro atoms. The number of phenols is 1. The van der Waals surface area contributed by atoms with E-state index in [0.717, 1.165) is 16.9 Å². The molecule has 0 amide bonds. The van der Waals surface area contributed by atoms with Gasteiger partial charge in [-0.1, -0.05) is 18.2 Å². The van der Waals surface area contributed by atoms with Crippen LogP contribution < -0.4 is 5.56 Å². The third-order valence-electron chi connectivity index (χ3n) is 4.08. The van der Waals surface area contributed by atoms with Gasteiger partial charge < -0.3 is 5.11 Å². The Morgan fingerprint density at radius 1 is 1.08 bits per heavy atom. The van der Waals surface area contributed by atoms with Crippen molar-refractivity contribution in [1.82, 2.24) is 9.78 Å². The number of rotatable bonds is 3. The molecule has 0 bridgehead atoms. The average Bonchev–Trinajstić information content (AvgIpc) is 2.84. The first-order valence-electron chi connectivity index (χ1n) is 7.68. The van der Waals surface area contributed by atoms with E-state index in [1.807, 2.05) is 39.0 Å². The van der Waals surface area contributed by atoms with E-state index in [-0.39, 0.29) is 11.3 Å². The van der Waals surface area contributed by atoms with E-state index in [2.05, 4.69) is 10.1 Å². The van der Waals surface area contributed by atoms with E-state index in [0.29, 0.717) is 11.3 Å². The number of phenolic OH excluding ortho intramolecular Hbond substituents is 1. The van der Waals surface area contributed by atoms with Crippen LogP contribution in [0.2, 0.25) is 0 Å². The zero-order valence-electron chi connectivity index (χ0n) is 13.9. The Hall–Kier alpha value is -3.08. The lowest BCUT2D eigenvalue weighted by atomic mass is 10.1. The Kier molecular flexibility index (Phi) is 4.08. The Morgan fingerprint density at radius 2 is 1.83 bits per heavy atom. The summed E-state index contributed by atoms with van der Waals surface area (Å²) in [6.07, 6.45) is 1.49. The van der Waals surface area contributed by atoms with Crippen molar-refractivity contribution in [3.63, 3.8) is 0 Å². The van der Waals surface area contributed by atoms with Crippen molar-refractivity contribution in [1.29, 1.82) is 0 Å². The largest absolute Gasteiger partial charge is 0.506 e. The van der Waals surface area contributed by atoms with Crippen LogP contribution in [0.5, 0.6) is 5.75 Å². The van der Waals surface area contributed by atoms with E-state index in [9.17, 15) is 9.90 Å². The van der Waals surface area contributed by atoms with Crippen LogP contribution in [0.1, 0.15) is 22.4 Å². The van der Waals surface area contributed by atoms with Crippen molar-refractivity contribution in [2.45, 2.75) is 20.8 Å². The van der Waals surface area contributed by atoms with Crippen LogP contribution in [0.25, 0.3) is 5.69 Å². The molecule has 1 aromatic heterocycles. The van der Waals surface area contributed by atoms with Crippen LogP contribution in [0, 0.1) is 20.8 Å². The zero-order chi connectivity index (χ0) is 17.3. The standard InChI is InChI=1S/C19H19N3O2/c1-12-8-9-15(10-13(12)2)22-19(24)16(14(3)21-22)11-20-17-6-4-5-7-18(17)23/h4-11,21,23H,1-3H3. The lowest BCUT2D eigenvalue weighted by Crippen LogP contribution is -2.17. The normalized spacial score (nSPS) is 11.3. The number of aryl methyl sites for hydroxylation is 3. The van der Waals surface area contributed by atoms with Crippen LogP contribution in [0.3, 0.4) is 0 Å².